The van der Waals surface area contributed by atoms with Crippen LogP contribution in [0.4, 0.5) is 14.5 Å². The minimum atomic E-state index is -0.726. The number of benzene rings is 1. The van der Waals surface area contributed by atoms with Crippen molar-refractivity contribution < 1.29 is 13.6 Å². The van der Waals surface area contributed by atoms with Crippen LogP contribution in [-0.4, -0.2) is 18.5 Å². The maximum Gasteiger partial charge on any atom is 0.239 e. The summed E-state index contributed by atoms with van der Waals surface area (Å²) in [5.41, 5.74) is -0.279. The van der Waals surface area contributed by atoms with Crippen LogP contribution in [-0.2, 0) is 4.79 Å². The van der Waals surface area contributed by atoms with Gasteiger partial charge in [0.25, 0.3) is 0 Å². The molecule has 1 saturated carbocycles. The summed E-state index contributed by atoms with van der Waals surface area (Å²) >= 11 is 2.98. The van der Waals surface area contributed by atoms with Gasteiger partial charge in [-0.15, -0.1) is 0 Å². The van der Waals surface area contributed by atoms with Crippen molar-refractivity contribution >= 4 is 27.5 Å². The lowest BCUT2D eigenvalue weighted by molar-refractivity contribution is -0.119. The van der Waals surface area contributed by atoms with Gasteiger partial charge in [0.1, 0.15) is 17.3 Å². The SMILES string of the molecule is O=C(CNc1c(F)cc(Br)cc1F)NC1CC1. The van der Waals surface area contributed by atoms with Crippen LogP contribution < -0.4 is 10.6 Å². The molecule has 1 aliphatic carbocycles. The van der Waals surface area contributed by atoms with E-state index in [0.29, 0.717) is 4.47 Å². The molecule has 92 valence electrons. The van der Waals surface area contributed by atoms with Gasteiger partial charge in [-0.1, -0.05) is 15.9 Å². The Balaban J connectivity index is 1.95. The topological polar surface area (TPSA) is 41.1 Å². The van der Waals surface area contributed by atoms with E-state index in [1.165, 1.54) is 0 Å². The minimum Gasteiger partial charge on any atom is -0.371 e. The first-order valence-corrected chi connectivity index (χ1v) is 6.03. The number of carbonyl (C=O) groups excluding carboxylic acids is 1. The molecule has 2 rings (SSSR count). The van der Waals surface area contributed by atoms with Gasteiger partial charge in [0, 0.05) is 10.5 Å². The lowest BCUT2D eigenvalue weighted by atomic mass is 10.3. The van der Waals surface area contributed by atoms with Gasteiger partial charge in [0.15, 0.2) is 0 Å². The van der Waals surface area contributed by atoms with Gasteiger partial charge >= 0.3 is 0 Å². The maximum atomic E-state index is 13.4. The second-order valence-corrected chi connectivity index (χ2v) is 4.86. The maximum absolute atomic E-state index is 13.4. The fraction of sp³-hybridized carbons (Fsp3) is 0.364. The Labute approximate surface area is 106 Å². The zero-order chi connectivity index (χ0) is 12.4. The number of nitrogens with one attached hydrogen (secondary N) is 2. The number of anilines is 1. The van der Waals surface area contributed by atoms with E-state index in [9.17, 15) is 13.6 Å². The Morgan fingerprint density at radius 1 is 1.35 bits per heavy atom. The molecule has 0 heterocycles. The highest BCUT2D eigenvalue weighted by Crippen LogP contribution is 2.23. The van der Waals surface area contributed by atoms with Crippen LogP contribution >= 0.6 is 15.9 Å². The lowest BCUT2D eigenvalue weighted by Crippen LogP contribution is -2.31. The highest BCUT2D eigenvalue weighted by molar-refractivity contribution is 9.10. The van der Waals surface area contributed by atoms with Gasteiger partial charge in [-0.2, -0.15) is 0 Å². The van der Waals surface area contributed by atoms with E-state index in [1.54, 1.807) is 0 Å². The summed E-state index contributed by atoms with van der Waals surface area (Å²) < 4.78 is 27.1. The van der Waals surface area contributed by atoms with E-state index in [4.69, 9.17) is 0 Å². The second-order valence-electron chi connectivity index (χ2n) is 3.94. The molecule has 1 aromatic carbocycles. The van der Waals surface area contributed by atoms with Crippen molar-refractivity contribution in [2.75, 3.05) is 11.9 Å². The molecule has 1 fully saturated rings. The molecule has 0 aromatic heterocycles. The largest absolute Gasteiger partial charge is 0.371 e. The quantitative estimate of drug-likeness (QED) is 0.897. The van der Waals surface area contributed by atoms with E-state index >= 15 is 0 Å². The molecule has 2 N–H and O–H groups in total. The van der Waals surface area contributed by atoms with Gasteiger partial charge in [0.05, 0.1) is 6.54 Å². The van der Waals surface area contributed by atoms with E-state index in [-0.39, 0.29) is 24.2 Å². The zero-order valence-corrected chi connectivity index (χ0v) is 10.5. The molecular formula is C11H11BrF2N2O. The lowest BCUT2D eigenvalue weighted by Gasteiger charge is -2.09. The predicted molar refractivity (Wildman–Crippen MR) is 63.7 cm³/mol. The normalized spacial score (nSPS) is 14.5. The standard InChI is InChI=1S/C11H11BrF2N2O/c12-6-3-8(13)11(9(14)4-6)15-5-10(17)16-7-1-2-7/h3-4,7,15H,1-2,5H2,(H,16,17). The smallest absolute Gasteiger partial charge is 0.239 e. The Morgan fingerprint density at radius 2 is 1.94 bits per heavy atom. The van der Waals surface area contributed by atoms with Crippen molar-refractivity contribution in [3.63, 3.8) is 0 Å². The summed E-state index contributed by atoms with van der Waals surface area (Å²) in [5, 5.41) is 5.18. The Morgan fingerprint density at radius 3 is 2.47 bits per heavy atom. The van der Waals surface area contributed by atoms with E-state index < -0.39 is 11.6 Å². The molecule has 0 unspecified atom stereocenters. The van der Waals surface area contributed by atoms with E-state index in [1.807, 2.05) is 0 Å². The molecule has 17 heavy (non-hydrogen) atoms. The van der Waals surface area contributed by atoms with Gasteiger partial charge in [-0.3, -0.25) is 4.79 Å². The number of amides is 1. The van der Waals surface area contributed by atoms with Gasteiger partial charge in [0.2, 0.25) is 5.91 Å². The number of carbonyl (C=O) groups is 1. The molecule has 1 aliphatic rings. The Bertz CT molecular complexity index is 426. The Kier molecular flexibility index (Phi) is 3.61. The highest BCUT2D eigenvalue weighted by atomic mass is 79.9. The van der Waals surface area contributed by atoms with Crippen molar-refractivity contribution in [3.8, 4) is 0 Å². The number of hydrogen-bond donors (Lipinski definition) is 2. The van der Waals surface area contributed by atoms with Crippen molar-refractivity contribution in [1.82, 2.24) is 5.32 Å². The monoisotopic (exact) mass is 304 g/mol. The summed E-state index contributed by atoms with van der Waals surface area (Å²) in [4.78, 5) is 11.3. The molecule has 3 nitrogen and oxygen atoms in total. The van der Waals surface area contributed by atoms with Crippen LogP contribution in [0.5, 0.6) is 0 Å². The number of halogens is 3. The molecule has 0 saturated heterocycles. The van der Waals surface area contributed by atoms with Crippen molar-refractivity contribution in [1.29, 1.82) is 0 Å². The fourth-order valence-electron chi connectivity index (χ4n) is 1.39. The Hall–Kier alpha value is -1.17. The van der Waals surface area contributed by atoms with Crippen LogP contribution in [0.15, 0.2) is 16.6 Å². The van der Waals surface area contributed by atoms with Crippen LogP contribution in [0.2, 0.25) is 0 Å². The molecule has 6 heteroatoms. The molecule has 0 radical (unpaired) electrons. The van der Waals surface area contributed by atoms with Crippen LogP contribution in [0, 0.1) is 11.6 Å². The summed E-state index contributed by atoms with van der Waals surface area (Å²) in [6.07, 6.45) is 1.96. The van der Waals surface area contributed by atoms with Gasteiger partial charge in [-0.05, 0) is 25.0 Å². The molecular weight excluding hydrogens is 294 g/mol. The average molecular weight is 305 g/mol. The second kappa shape index (κ2) is 5.00. The predicted octanol–water partition coefficient (Wildman–Crippen LogP) is 2.42. The average Bonchev–Trinajstić information content (AvgIpc) is 2.99. The zero-order valence-electron chi connectivity index (χ0n) is 8.90. The van der Waals surface area contributed by atoms with Crippen LogP contribution in [0.3, 0.4) is 0 Å². The number of rotatable bonds is 4. The van der Waals surface area contributed by atoms with E-state index in [0.717, 1.165) is 25.0 Å². The summed E-state index contributed by atoms with van der Waals surface area (Å²) in [6.45, 7) is -0.133. The summed E-state index contributed by atoms with van der Waals surface area (Å²) in [7, 11) is 0. The third kappa shape index (κ3) is 3.39. The van der Waals surface area contributed by atoms with Gasteiger partial charge in [-0.25, -0.2) is 8.78 Å². The highest BCUT2D eigenvalue weighted by Gasteiger charge is 2.23. The van der Waals surface area contributed by atoms with Crippen LogP contribution in [0.25, 0.3) is 0 Å². The minimum absolute atomic E-state index is 0.133. The van der Waals surface area contributed by atoms with Crippen LogP contribution in [0.1, 0.15) is 12.8 Å². The molecule has 1 amide bonds. The first-order chi connectivity index (χ1) is 8.06. The third-order valence-electron chi connectivity index (χ3n) is 2.38. The van der Waals surface area contributed by atoms with E-state index in [2.05, 4.69) is 26.6 Å². The fourth-order valence-corrected chi connectivity index (χ4v) is 1.79. The molecule has 0 bridgehead atoms. The van der Waals surface area contributed by atoms with Crippen molar-refractivity contribution in [3.05, 3.63) is 28.2 Å². The molecule has 0 aliphatic heterocycles. The number of hydrogen-bond acceptors (Lipinski definition) is 2. The summed E-state index contributed by atoms with van der Waals surface area (Å²) in [5.74, 6) is -1.71. The first kappa shape index (κ1) is 12.3. The third-order valence-corrected chi connectivity index (χ3v) is 2.83. The molecule has 0 spiro atoms. The first-order valence-electron chi connectivity index (χ1n) is 5.24. The van der Waals surface area contributed by atoms with Crippen molar-refractivity contribution in [2.45, 2.75) is 18.9 Å². The molecule has 1 aromatic rings. The van der Waals surface area contributed by atoms with Gasteiger partial charge < -0.3 is 10.6 Å². The molecule has 0 atom stereocenters. The van der Waals surface area contributed by atoms with Crippen molar-refractivity contribution in [2.24, 2.45) is 0 Å². The summed E-state index contributed by atoms with van der Waals surface area (Å²) in [6, 6.07) is 2.53.